The summed E-state index contributed by atoms with van der Waals surface area (Å²) in [5.41, 5.74) is 3.79. The summed E-state index contributed by atoms with van der Waals surface area (Å²) in [7, 11) is 1.67. The third-order valence-electron chi connectivity index (χ3n) is 6.44. The molecule has 0 heterocycles. The van der Waals surface area contributed by atoms with Gasteiger partial charge in [0.2, 0.25) is 0 Å². The lowest BCUT2D eigenvalue weighted by Gasteiger charge is -2.22. The second-order valence-electron chi connectivity index (χ2n) is 9.75. The fourth-order valence-electron chi connectivity index (χ4n) is 4.28. The Morgan fingerprint density at radius 2 is 1.20 bits per heavy atom. The fourth-order valence-corrected chi connectivity index (χ4v) is 4.91. The van der Waals surface area contributed by atoms with E-state index in [0.29, 0.717) is 18.3 Å². The molecule has 0 fully saturated rings. The van der Waals surface area contributed by atoms with Crippen LogP contribution >= 0.6 is 23.2 Å². The molecule has 0 saturated carbocycles. The number of benzene rings is 3. The Morgan fingerprint density at radius 3 is 1.71 bits per heavy atom. The number of hydrogen-bond donors (Lipinski definition) is 0. The number of methoxy groups -OCH3 is 1. The van der Waals surface area contributed by atoms with E-state index < -0.39 is 0 Å². The maximum Gasteiger partial charge on any atom is 0.124 e. The Bertz CT molecular complexity index is 1020. The van der Waals surface area contributed by atoms with Crippen molar-refractivity contribution >= 4 is 23.2 Å². The second-order valence-corrected chi connectivity index (χ2v) is 10.6. The summed E-state index contributed by atoms with van der Waals surface area (Å²) in [6.07, 6.45) is 4.76. The second kappa shape index (κ2) is 13.8. The van der Waals surface area contributed by atoms with Crippen LogP contribution in [0.3, 0.4) is 0 Å². The molecule has 0 aliphatic carbocycles. The van der Waals surface area contributed by atoms with Crippen molar-refractivity contribution in [2.24, 2.45) is 11.8 Å². The number of halogens is 2. The minimum Gasteiger partial charge on any atom is -0.496 e. The van der Waals surface area contributed by atoms with E-state index >= 15 is 0 Å². The maximum absolute atomic E-state index is 6.99. The summed E-state index contributed by atoms with van der Waals surface area (Å²) in [5.74, 6) is 2.84. The van der Waals surface area contributed by atoms with E-state index in [1.807, 2.05) is 72.8 Å². The summed E-state index contributed by atoms with van der Waals surface area (Å²) in [5, 5.41) is -0.717. The molecule has 35 heavy (non-hydrogen) atoms. The van der Waals surface area contributed by atoms with Gasteiger partial charge in [-0.15, -0.1) is 23.2 Å². The van der Waals surface area contributed by atoms with Crippen molar-refractivity contribution < 1.29 is 9.47 Å². The van der Waals surface area contributed by atoms with Gasteiger partial charge in [-0.25, -0.2) is 0 Å². The van der Waals surface area contributed by atoms with Crippen LogP contribution in [0.1, 0.15) is 79.5 Å². The molecule has 3 aromatic carbocycles. The van der Waals surface area contributed by atoms with Crippen molar-refractivity contribution in [3.63, 3.8) is 0 Å². The summed E-state index contributed by atoms with van der Waals surface area (Å²) >= 11 is 13.9. The van der Waals surface area contributed by atoms with Crippen molar-refractivity contribution in [1.82, 2.24) is 0 Å². The predicted octanol–water partition coefficient (Wildman–Crippen LogP) is 9.58. The molecule has 4 heteroatoms. The molecule has 188 valence electrons. The lowest BCUT2D eigenvalue weighted by Crippen LogP contribution is -2.09. The molecular formula is C31H38Cl2O2. The van der Waals surface area contributed by atoms with Crippen LogP contribution in [-0.2, 0) is 0 Å². The SMILES string of the molecule is COc1cc(C(Cl)c2ccccc2)c(OCCC(C)CCCC(C)C)cc1C(Cl)c1ccccc1. The Balaban J connectivity index is 1.87. The van der Waals surface area contributed by atoms with Crippen LogP contribution in [0.2, 0.25) is 0 Å². The van der Waals surface area contributed by atoms with E-state index in [1.54, 1.807) is 7.11 Å². The summed E-state index contributed by atoms with van der Waals surface area (Å²) in [6, 6.07) is 24.1. The van der Waals surface area contributed by atoms with Gasteiger partial charge in [-0.3, -0.25) is 0 Å². The molecular weight excluding hydrogens is 475 g/mol. The maximum atomic E-state index is 6.99. The minimum absolute atomic E-state index is 0.358. The first-order valence-electron chi connectivity index (χ1n) is 12.6. The van der Waals surface area contributed by atoms with Crippen LogP contribution < -0.4 is 9.47 Å². The first kappa shape index (κ1) is 27.4. The van der Waals surface area contributed by atoms with E-state index in [1.165, 1.54) is 19.3 Å². The van der Waals surface area contributed by atoms with Gasteiger partial charge in [-0.1, -0.05) is 101 Å². The average molecular weight is 514 g/mol. The highest BCUT2D eigenvalue weighted by Crippen LogP contribution is 2.43. The largest absolute Gasteiger partial charge is 0.496 e. The molecule has 0 spiro atoms. The first-order valence-corrected chi connectivity index (χ1v) is 13.5. The van der Waals surface area contributed by atoms with Gasteiger partial charge in [0.05, 0.1) is 24.5 Å². The molecule has 0 radical (unpaired) electrons. The minimum atomic E-state index is -0.358. The molecule has 3 atom stereocenters. The molecule has 3 unspecified atom stereocenters. The van der Waals surface area contributed by atoms with Gasteiger partial charge in [0, 0.05) is 11.1 Å². The highest BCUT2D eigenvalue weighted by atomic mass is 35.5. The van der Waals surface area contributed by atoms with Gasteiger partial charge in [0.15, 0.2) is 0 Å². The van der Waals surface area contributed by atoms with Crippen LogP contribution in [0.5, 0.6) is 11.5 Å². The number of hydrogen-bond acceptors (Lipinski definition) is 2. The van der Waals surface area contributed by atoms with Crippen molar-refractivity contribution in [2.45, 2.75) is 57.2 Å². The average Bonchev–Trinajstić information content (AvgIpc) is 2.88. The van der Waals surface area contributed by atoms with Crippen LogP contribution in [0, 0.1) is 11.8 Å². The van der Waals surface area contributed by atoms with Gasteiger partial charge >= 0.3 is 0 Å². The van der Waals surface area contributed by atoms with Crippen molar-refractivity contribution in [3.8, 4) is 11.5 Å². The Hall–Kier alpha value is -2.16. The first-order chi connectivity index (χ1) is 16.9. The fraction of sp³-hybridized carbons (Fsp3) is 0.419. The van der Waals surface area contributed by atoms with Gasteiger partial charge in [0.25, 0.3) is 0 Å². The molecule has 3 rings (SSSR count). The van der Waals surface area contributed by atoms with E-state index in [0.717, 1.165) is 40.3 Å². The summed E-state index contributed by atoms with van der Waals surface area (Å²) in [4.78, 5) is 0. The predicted molar refractivity (Wildman–Crippen MR) is 149 cm³/mol. The molecule has 0 bridgehead atoms. The van der Waals surface area contributed by atoms with Gasteiger partial charge in [-0.2, -0.15) is 0 Å². The molecule has 0 amide bonds. The lowest BCUT2D eigenvalue weighted by molar-refractivity contribution is 0.273. The van der Waals surface area contributed by atoms with Gasteiger partial charge in [0.1, 0.15) is 11.5 Å². The zero-order chi connectivity index (χ0) is 25.2. The summed E-state index contributed by atoms with van der Waals surface area (Å²) < 4.78 is 12.2. The zero-order valence-corrected chi connectivity index (χ0v) is 22.9. The molecule has 0 N–H and O–H groups in total. The number of alkyl halides is 2. The quantitative estimate of drug-likeness (QED) is 0.212. The summed E-state index contributed by atoms with van der Waals surface area (Å²) in [6.45, 7) is 7.51. The molecule has 0 aliphatic heterocycles. The molecule has 0 saturated heterocycles. The van der Waals surface area contributed by atoms with Crippen LogP contribution in [0.25, 0.3) is 0 Å². The van der Waals surface area contributed by atoms with Crippen LogP contribution in [0.4, 0.5) is 0 Å². The normalized spacial score (nSPS) is 13.9. The van der Waals surface area contributed by atoms with Crippen molar-refractivity contribution in [2.75, 3.05) is 13.7 Å². The third kappa shape index (κ3) is 7.92. The molecule has 0 aromatic heterocycles. The lowest BCUT2D eigenvalue weighted by atomic mass is 9.97. The molecule has 2 nitrogen and oxygen atoms in total. The Morgan fingerprint density at radius 1 is 0.686 bits per heavy atom. The van der Waals surface area contributed by atoms with E-state index in [9.17, 15) is 0 Å². The van der Waals surface area contributed by atoms with Crippen molar-refractivity contribution in [1.29, 1.82) is 0 Å². The standard InChI is InChI=1S/C31H38Cl2O2/c1-22(2)12-11-13-23(3)18-19-35-29-21-26(30(32)24-14-7-5-8-15-24)28(34-4)20-27(29)31(33)25-16-9-6-10-17-25/h5-10,14-17,20-23,30-31H,11-13,18-19H2,1-4H3. The number of rotatable bonds is 13. The van der Waals surface area contributed by atoms with Gasteiger partial charge < -0.3 is 9.47 Å². The van der Waals surface area contributed by atoms with Crippen molar-refractivity contribution in [3.05, 3.63) is 95.1 Å². The van der Waals surface area contributed by atoms with Crippen LogP contribution in [-0.4, -0.2) is 13.7 Å². The monoisotopic (exact) mass is 512 g/mol. The van der Waals surface area contributed by atoms with Gasteiger partial charge in [-0.05, 0) is 41.5 Å². The Kier molecular flexibility index (Phi) is 10.8. The van der Waals surface area contributed by atoms with E-state index in [2.05, 4.69) is 20.8 Å². The highest BCUT2D eigenvalue weighted by molar-refractivity contribution is 6.23. The molecule has 3 aromatic rings. The number of ether oxygens (including phenoxy) is 2. The zero-order valence-electron chi connectivity index (χ0n) is 21.3. The highest BCUT2D eigenvalue weighted by Gasteiger charge is 2.23. The van der Waals surface area contributed by atoms with Crippen LogP contribution in [0.15, 0.2) is 72.8 Å². The smallest absolute Gasteiger partial charge is 0.124 e. The van der Waals surface area contributed by atoms with E-state index in [4.69, 9.17) is 32.7 Å². The van der Waals surface area contributed by atoms with E-state index in [-0.39, 0.29) is 10.8 Å². The topological polar surface area (TPSA) is 18.5 Å². The molecule has 0 aliphatic rings. The third-order valence-corrected chi connectivity index (χ3v) is 7.41. The Labute approximate surface area is 221 Å².